The van der Waals surface area contributed by atoms with Crippen molar-refractivity contribution in [2.45, 2.75) is 20.8 Å². The first-order valence-electron chi connectivity index (χ1n) is 8.72. The van der Waals surface area contributed by atoms with Crippen LogP contribution in [0.4, 0.5) is 4.39 Å². The van der Waals surface area contributed by atoms with Crippen molar-refractivity contribution in [2.24, 2.45) is 0 Å². The minimum Gasteiger partial charge on any atom is -0.247 e. The molecular formula is C23H25FP+. The van der Waals surface area contributed by atoms with Gasteiger partial charge in [0.1, 0.15) is 36.0 Å². The fourth-order valence-electron chi connectivity index (χ4n) is 3.56. The molecule has 0 aliphatic heterocycles. The molecule has 3 aromatic rings. The summed E-state index contributed by atoms with van der Waals surface area (Å²) in [6.07, 6.45) is 0.545. The molecule has 0 bridgehead atoms. The molecule has 0 aliphatic carbocycles. The summed E-state index contributed by atoms with van der Waals surface area (Å²) in [6.45, 7) is 6.02. The molecule has 0 aromatic heterocycles. The zero-order chi connectivity index (χ0) is 17.9. The summed E-state index contributed by atoms with van der Waals surface area (Å²) in [5.74, 6) is 0. The van der Waals surface area contributed by atoms with Gasteiger partial charge in [0.25, 0.3) is 0 Å². The summed E-state index contributed by atoms with van der Waals surface area (Å²) < 4.78 is 13.9. The molecular weight excluding hydrogens is 325 g/mol. The van der Waals surface area contributed by atoms with Gasteiger partial charge in [-0.05, 0) is 73.9 Å². The van der Waals surface area contributed by atoms with Crippen LogP contribution in [0.3, 0.4) is 0 Å². The van der Waals surface area contributed by atoms with Crippen LogP contribution in [0.15, 0.2) is 72.8 Å². The Balaban J connectivity index is 2.36. The Labute approximate surface area is 151 Å². The topological polar surface area (TPSA) is 0 Å². The van der Waals surface area contributed by atoms with Gasteiger partial charge in [-0.15, -0.1) is 0 Å². The van der Waals surface area contributed by atoms with Gasteiger partial charge in [0.2, 0.25) is 0 Å². The summed E-state index contributed by atoms with van der Waals surface area (Å²) in [4.78, 5) is 0. The highest BCUT2D eigenvalue weighted by molar-refractivity contribution is 7.95. The van der Waals surface area contributed by atoms with Crippen LogP contribution in [0.5, 0.6) is 0 Å². The predicted octanol–water partition coefficient (Wildman–Crippen LogP) is 4.88. The van der Waals surface area contributed by atoms with Gasteiger partial charge in [0, 0.05) is 0 Å². The lowest BCUT2D eigenvalue weighted by molar-refractivity contribution is 0.531. The van der Waals surface area contributed by atoms with Crippen molar-refractivity contribution in [1.82, 2.24) is 0 Å². The predicted molar refractivity (Wildman–Crippen MR) is 110 cm³/mol. The zero-order valence-electron chi connectivity index (χ0n) is 15.2. The number of hydrogen-bond acceptors (Lipinski definition) is 0. The Kier molecular flexibility index (Phi) is 5.35. The first kappa shape index (κ1) is 17.8. The van der Waals surface area contributed by atoms with Gasteiger partial charge in [-0.2, -0.15) is 0 Å². The second kappa shape index (κ2) is 7.50. The maximum Gasteiger partial charge on any atom is 0.124 e. The first-order valence-corrected chi connectivity index (χ1v) is 10.7. The number of aryl methyl sites for hydroxylation is 3. The molecule has 0 radical (unpaired) electrons. The lowest BCUT2D eigenvalue weighted by atomic mass is 10.2. The van der Waals surface area contributed by atoms with E-state index in [0.717, 1.165) is 0 Å². The van der Waals surface area contributed by atoms with E-state index in [0.29, 0.717) is 6.16 Å². The summed E-state index contributed by atoms with van der Waals surface area (Å²) in [6, 6.07) is 25.9. The SMILES string of the molecule is Cc1cccc([P+](CC[18F])(c2cccc(C)c2)c2cccc(C)c2)c1. The minimum absolute atomic E-state index is 0.316. The highest BCUT2D eigenvalue weighted by Crippen LogP contribution is 2.55. The van der Waals surface area contributed by atoms with Crippen molar-refractivity contribution in [1.29, 1.82) is 0 Å². The maximum atomic E-state index is 13.9. The number of halogens is 1. The van der Waals surface area contributed by atoms with Crippen molar-refractivity contribution in [3.8, 4) is 0 Å². The minimum atomic E-state index is -2.01. The summed E-state index contributed by atoms with van der Waals surface area (Å²) in [7, 11) is -2.01. The van der Waals surface area contributed by atoms with Gasteiger partial charge >= 0.3 is 0 Å². The van der Waals surface area contributed by atoms with Crippen molar-refractivity contribution < 1.29 is 4.39 Å². The highest BCUT2D eigenvalue weighted by Gasteiger charge is 2.45. The van der Waals surface area contributed by atoms with Gasteiger partial charge in [-0.25, -0.2) is 4.39 Å². The molecule has 0 amide bonds. The third kappa shape index (κ3) is 3.53. The van der Waals surface area contributed by atoms with E-state index in [1.807, 2.05) is 0 Å². The third-order valence-corrected chi connectivity index (χ3v) is 9.07. The fraction of sp³-hybridized carbons (Fsp3) is 0.217. The third-order valence-electron chi connectivity index (χ3n) is 4.75. The van der Waals surface area contributed by atoms with E-state index in [2.05, 4.69) is 93.6 Å². The molecule has 0 heterocycles. The van der Waals surface area contributed by atoms with Gasteiger partial charge < -0.3 is 0 Å². The van der Waals surface area contributed by atoms with Crippen LogP contribution in [0.25, 0.3) is 0 Å². The molecule has 0 unspecified atom stereocenters. The van der Waals surface area contributed by atoms with Crippen molar-refractivity contribution in [3.05, 3.63) is 89.5 Å². The molecule has 128 valence electrons. The molecule has 3 aromatic carbocycles. The Hall–Kier alpha value is -1.98. The highest BCUT2D eigenvalue weighted by atomic mass is 31.2. The Morgan fingerprint density at radius 1 is 0.640 bits per heavy atom. The van der Waals surface area contributed by atoms with Crippen molar-refractivity contribution in [2.75, 3.05) is 12.8 Å². The fourth-order valence-corrected chi connectivity index (χ4v) is 7.77. The van der Waals surface area contributed by atoms with Gasteiger partial charge in [-0.1, -0.05) is 36.4 Å². The quantitative estimate of drug-likeness (QED) is 0.576. The van der Waals surface area contributed by atoms with Crippen molar-refractivity contribution >= 4 is 23.2 Å². The normalized spacial score (nSPS) is 11.5. The Bertz CT molecular complexity index is 758. The molecule has 0 spiro atoms. The van der Waals surface area contributed by atoms with E-state index >= 15 is 0 Å². The Morgan fingerprint density at radius 2 is 1.00 bits per heavy atom. The summed E-state index contributed by atoms with van der Waals surface area (Å²) >= 11 is 0. The smallest absolute Gasteiger partial charge is 0.124 e. The number of hydrogen-bond donors (Lipinski definition) is 0. The second-order valence-electron chi connectivity index (χ2n) is 6.74. The van der Waals surface area contributed by atoms with Crippen molar-refractivity contribution in [3.63, 3.8) is 0 Å². The lowest BCUT2D eigenvalue weighted by Crippen LogP contribution is -2.34. The van der Waals surface area contributed by atoms with E-state index in [1.54, 1.807) is 0 Å². The van der Waals surface area contributed by atoms with E-state index in [4.69, 9.17) is 0 Å². The van der Waals surface area contributed by atoms with E-state index in [9.17, 15) is 4.39 Å². The standard InChI is InChI=1S/C23H25FP/c1-18-7-4-10-21(15-18)25(14-13-24,22-11-5-8-19(2)16-22)23-12-6-9-20(3)17-23/h4-12,15-17H,13-14H2,1-3H3/q+1/i24-1. The zero-order valence-corrected chi connectivity index (χ0v) is 16.1. The molecule has 0 N–H and O–H groups in total. The molecule has 0 saturated heterocycles. The molecule has 0 aliphatic rings. The van der Waals surface area contributed by atoms with Crippen LogP contribution < -0.4 is 15.9 Å². The van der Waals surface area contributed by atoms with Gasteiger partial charge in [0.05, 0.1) is 0 Å². The summed E-state index contributed by atoms with van der Waals surface area (Å²) in [5, 5.41) is 3.80. The first-order chi connectivity index (χ1) is 12.1. The number of alkyl halides is 1. The number of benzene rings is 3. The van der Waals surface area contributed by atoms with E-state index < -0.39 is 7.26 Å². The van der Waals surface area contributed by atoms with Crippen LogP contribution in [-0.4, -0.2) is 12.8 Å². The molecule has 2 heteroatoms. The maximum absolute atomic E-state index is 13.9. The van der Waals surface area contributed by atoms with Crippen LogP contribution in [0, 0.1) is 20.8 Å². The van der Waals surface area contributed by atoms with Crippen LogP contribution in [0.2, 0.25) is 0 Å². The average molecular weight is 350 g/mol. The van der Waals surface area contributed by atoms with Gasteiger partial charge in [-0.3, -0.25) is 0 Å². The Morgan fingerprint density at radius 3 is 1.28 bits per heavy atom. The van der Waals surface area contributed by atoms with Crippen LogP contribution >= 0.6 is 7.26 Å². The molecule has 0 saturated carbocycles. The molecule has 3 rings (SSSR count). The monoisotopic (exact) mass is 350 g/mol. The van der Waals surface area contributed by atoms with E-state index in [1.165, 1.54) is 32.6 Å². The molecule has 25 heavy (non-hydrogen) atoms. The molecule has 0 nitrogen and oxygen atoms in total. The van der Waals surface area contributed by atoms with Crippen LogP contribution in [0.1, 0.15) is 16.7 Å². The largest absolute Gasteiger partial charge is 0.247 e. The molecule has 0 atom stereocenters. The van der Waals surface area contributed by atoms with Gasteiger partial charge in [0.15, 0.2) is 0 Å². The second-order valence-corrected chi connectivity index (χ2v) is 10.4. The van der Waals surface area contributed by atoms with E-state index in [-0.39, 0.29) is 6.67 Å². The summed E-state index contributed by atoms with van der Waals surface area (Å²) in [5.41, 5.74) is 3.67. The van der Waals surface area contributed by atoms with Crippen LogP contribution in [-0.2, 0) is 0 Å². The lowest BCUT2D eigenvalue weighted by Gasteiger charge is -2.27. The molecule has 0 fully saturated rings. The average Bonchev–Trinajstić information content (AvgIpc) is 2.59. The number of rotatable bonds is 5.